The molecule has 1 aliphatic heterocycles. The molecule has 6 nitrogen and oxygen atoms in total. The monoisotopic (exact) mass is 260 g/mol. The van der Waals surface area contributed by atoms with Crippen molar-refractivity contribution >= 4 is 17.0 Å². The molecule has 0 amide bonds. The Morgan fingerprint density at radius 1 is 1.37 bits per heavy atom. The van der Waals surface area contributed by atoms with Gasteiger partial charge in [0.1, 0.15) is 17.7 Å². The summed E-state index contributed by atoms with van der Waals surface area (Å²) < 4.78 is 0. The van der Waals surface area contributed by atoms with E-state index in [0.717, 1.165) is 24.4 Å². The molecule has 2 aromatic heterocycles. The van der Waals surface area contributed by atoms with Gasteiger partial charge in [-0.3, -0.25) is 0 Å². The van der Waals surface area contributed by atoms with Crippen molar-refractivity contribution in [2.45, 2.75) is 32.1 Å². The Morgan fingerprint density at radius 3 is 2.89 bits per heavy atom. The van der Waals surface area contributed by atoms with Gasteiger partial charge in [-0.2, -0.15) is 0 Å². The zero-order valence-corrected chi connectivity index (χ0v) is 11.4. The molecular weight excluding hydrogens is 240 g/mol. The number of hydrogen-bond donors (Lipinski definition) is 3. The smallest absolute Gasteiger partial charge is 0.183 e. The summed E-state index contributed by atoms with van der Waals surface area (Å²) in [6.07, 6.45) is 3.89. The lowest BCUT2D eigenvalue weighted by atomic mass is 9.74. The average molecular weight is 260 g/mol. The maximum atomic E-state index is 5.86. The number of rotatable bonds is 2. The Hall–Kier alpha value is -1.69. The van der Waals surface area contributed by atoms with Crippen molar-refractivity contribution in [2.75, 3.05) is 18.8 Å². The molecule has 1 saturated heterocycles. The molecule has 0 radical (unpaired) electrons. The Kier molecular flexibility index (Phi) is 2.89. The lowest BCUT2D eigenvalue weighted by molar-refractivity contribution is 0.243. The molecule has 4 N–H and O–H groups in total. The van der Waals surface area contributed by atoms with Crippen molar-refractivity contribution < 1.29 is 0 Å². The van der Waals surface area contributed by atoms with Crippen molar-refractivity contribution in [1.82, 2.24) is 25.3 Å². The van der Waals surface area contributed by atoms with Crippen LogP contribution in [-0.4, -0.2) is 33.0 Å². The molecule has 2 aromatic rings. The minimum absolute atomic E-state index is 0.0272. The van der Waals surface area contributed by atoms with Crippen LogP contribution in [0.4, 0.5) is 5.82 Å². The first kappa shape index (κ1) is 12.3. The van der Waals surface area contributed by atoms with Gasteiger partial charge in [0, 0.05) is 5.41 Å². The average Bonchev–Trinajstić information content (AvgIpc) is 2.86. The van der Waals surface area contributed by atoms with Crippen LogP contribution in [0.15, 0.2) is 6.33 Å². The van der Waals surface area contributed by atoms with E-state index in [9.17, 15) is 0 Å². The Balaban J connectivity index is 2.00. The zero-order chi connectivity index (χ0) is 13.5. The van der Waals surface area contributed by atoms with Gasteiger partial charge in [-0.15, -0.1) is 0 Å². The molecule has 0 aliphatic carbocycles. The zero-order valence-electron chi connectivity index (χ0n) is 11.4. The number of aromatic amines is 1. The second-order valence-electron chi connectivity index (χ2n) is 5.81. The molecule has 1 fully saturated rings. The molecule has 0 spiro atoms. The molecular formula is C13H20N6. The van der Waals surface area contributed by atoms with E-state index in [2.05, 4.69) is 39.1 Å². The second-order valence-corrected chi connectivity index (χ2v) is 5.81. The molecule has 0 bridgehead atoms. The number of fused-ring (bicyclic) bond motifs is 1. The van der Waals surface area contributed by atoms with Gasteiger partial charge in [0.15, 0.2) is 11.5 Å². The SMILES string of the molecule is CC(C)(c1nc2ncnc(N)c2[nH]1)C1CCCNC1. The van der Waals surface area contributed by atoms with Crippen LogP contribution in [0.3, 0.4) is 0 Å². The van der Waals surface area contributed by atoms with E-state index in [1.54, 1.807) is 0 Å². The van der Waals surface area contributed by atoms with E-state index in [4.69, 9.17) is 5.73 Å². The first-order valence-corrected chi connectivity index (χ1v) is 6.76. The highest BCUT2D eigenvalue weighted by atomic mass is 15.1. The van der Waals surface area contributed by atoms with E-state index in [0.29, 0.717) is 17.4 Å². The highest BCUT2D eigenvalue weighted by Crippen LogP contribution is 2.34. The van der Waals surface area contributed by atoms with E-state index in [1.165, 1.54) is 19.2 Å². The van der Waals surface area contributed by atoms with Gasteiger partial charge in [-0.25, -0.2) is 15.0 Å². The molecule has 3 rings (SSSR count). The van der Waals surface area contributed by atoms with Crippen molar-refractivity contribution in [3.8, 4) is 0 Å². The predicted octanol–water partition coefficient (Wildman–Crippen LogP) is 1.21. The third kappa shape index (κ3) is 2.06. The predicted molar refractivity (Wildman–Crippen MR) is 74.7 cm³/mol. The third-order valence-electron chi connectivity index (χ3n) is 4.25. The lowest BCUT2D eigenvalue weighted by Gasteiger charge is -2.35. The number of imidazole rings is 1. The van der Waals surface area contributed by atoms with Gasteiger partial charge in [0.25, 0.3) is 0 Å². The Labute approximate surface area is 112 Å². The molecule has 3 heterocycles. The fraction of sp³-hybridized carbons (Fsp3) is 0.615. The van der Waals surface area contributed by atoms with Crippen LogP contribution < -0.4 is 11.1 Å². The van der Waals surface area contributed by atoms with Gasteiger partial charge < -0.3 is 16.0 Å². The molecule has 1 atom stereocenters. The van der Waals surface area contributed by atoms with Crippen molar-refractivity contribution in [2.24, 2.45) is 5.92 Å². The van der Waals surface area contributed by atoms with Crippen LogP contribution in [0.1, 0.15) is 32.5 Å². The number of nitrogens with one attached hydrogen (secondary N) is 2. The van der Waals surface area contributed by atoms with E-state index in [1.807, 2.05) is 0 Å². The summed E-state index contributed by atoms with van der Waals surface area (Å²) in [5, 5.41) is 3.46. The van der Waals surface area contributed by atoms with Crippen LogP contribution in [0, 0.1) is 5.92 Å². The summed E-state index contributed by atoms with van der Waals surface area (Å²) in [6, 6.07) is 0. The standard InChI is InChI=1S/C13H20N6/c1-13(2,8-4-3-5-15-6-8)12-18-9-10(14)16-7-17-11(9)19-12/h7-8,15H,3-6H2,1-2H3,(H3,14,16,17,18,19). The molecule has 19 heavy (non-hydrogen) atoms. The summed E-state index contributed by atoms with van der Waals surface area (Å²) in [5.74, 6) is 1.97. The number of nitrogens with zero attached hydrogens (tertiary/aromatic N) is 3. The van der Waals surface area contributed by atoms with Gasteiger partial charge >= 0.3 is 0 Å². The number of nitrogen functional groups attached to an aromatic ring is 1. The van der Waals surface area contributed by atoms with E-state index in [-0.39, 0.29) is 5.41 Å². The third-order valence-corrected chi connectivity index (χ3v) is 4.25. The summed E-state index contributed by atoms with van der Waals surface area (Å²) >= 11 is 0. The van der Waals surface area contributed by atoms with Crippen LogP contribution in [-0.2, 0) is 5.41 Å². The second kappa shape index (κ2) is 4.45. The largest absolute Gasteiger partial charge is 0.382 e. The van der Waals surface area contributed by atoms with Crippen LogP contribution in [0.25, 0.3) is 11.2 Å². The highest BCUT2D eigenvalue weighted by molar-refractivity contribution is 5.81. The number of nitrogens with two attached hydrogens (primary N) is 1. The number of aromatic nitrogens is 4. The molecule has 1 aliphatic rings. The summed E-state index contributed by atoms with van der Waals surface area (Å²) in [4.78, 5) is 16.1. The molecule has 1 unspecified atom stereocenters. The van der Waals surface area contributed by atoms with Crippen molar-refractivity contribution in [1.29, 1.82) is 0 Å². The summed E-state index contributed by atoms with van der Waals surface area (Å²) in [6.45, 7) is 6.61. The number of hydrogen-bond acceptors (Lipinski definition) is 5. The van der Waals surface area contributed by atoms with Crippen LogP contribution >= 0.6 is 0 Å². The van der Waals surface area contributed by atoms with Crippen LogP contribution in [0.5, 0.6) is 0 Å². The number of H-pyrrole nitrogens is 1. The minimum Gasteiger partial charge on any atom is -0.382 e. The number of piperidine rings is 1. The summed E-state index contributed by atoms with van der Waals surface area (Å²) in [5.41, 5.74) is 7.23. The first-order chi connectivity index (χ1) is 9.09. The maximum absolute atomic E-state index is 5.86. The van der Waals surface area contributed by atoms with E-state index >= 15 is 0 Å². The fourth-order valence-corrected chi connectivity index (χ4v) is 2.81. The van der Waals surface area contributed by atoms with Gasteiger partial charge in [-0.1, -0.05) is 13.8 Å². The van der Waals surface area contributed by atoms with Crippen molar-refractivity contribution in [3.05, 3.63) is 12.2 Å². The molecule has 102 valence electrons. The quantitative estimate of drug-likeness (QED) is 0.755. The topological polar surface area (TPSA) is 92.5 Å². The minimum atomic E-state index is -0.0272. The van der Waals surface area contributed by atoms with Crippen LogP contribution in [0.2, 0.25) is 0 Å². The molecule has 0 aromatic carbocycles. The van der Waals surface area contributed by atoms with Gasteiger partial charge in [0.2, 0.25) is 0 Å². The van der Waals surface area contributed by atoms with E-state index < -0.39 is 0 Å². The maximum Gasteiger partial charge on any atom is 0.183 e. The highest BCUT2D eigenvalue weighted by Gasteiger charge is 2.35. The summed E-state index contributed by atoms with van der Waals surface area (Å²) in [7, 11) is 0. The Bertz CT molecular complexity index is 582. The van der Waals surface area contributed by atoms with Gasteiger partial charge in [0.05, 0.1) is 0 Å². The fourth-order valence-electron chi connectivity index (χ4n) is 2.81. The first-order valence-electron chi connectivity index (χ1n) is 6.76. The van der Waals surface area contributed by atoms with Gasteiger partial charge in [-0.05, 0) is 31.8 Å². The Morgan fingerprint density at radius 2 is 2.21 bits per heavy atom. The molecule has 6 heteroatoms. The normalized spacial score (nSPS) is 20.8. The van der Waals surface area contributed by atoms with Crippen molar-refractivity contribution in [3.63, 3.8) is 0 Å². The number of anilines is 1. The lowest BCUT2D eigenvalue weighted by Crippen LogP contribution is -2.41. The molecule has 0 saturated carbocycles.